The fourth-order valence-electron chi connectivity index (χ4n) is 1.70. The van der Waals surface area contributed by atoms with Crippen molar-refractivity contribution in [3.8, 4) is 5.75 Å². The van der Waals surface area contributed by atoms with Crippen LogP contribution < -0.4 is 10.1 Å². The van der Waals surface area contributed by atoms with Crippen molar-refractivity contribution in [1.82, 2.24) is 5.32 Å². The van der Waals surface area contributed by atoms with Crippen molar-refractivity contribution < 1.29 is 9.13 Å². The molecule has 0 aliphatic rings. The summed E-state index contributed by atoms with van der Waals surface area (Å²) < 4.78 is 18.8. The minimum atomic E-state index is -0.267. The molecule has 0 aliphatic heterocycles. The van der Waals surface area contributed by atoms with Crippen LogP contribution in [0.15, 0.2) is 30.4 Å². The van der Waals surface area contributed by atoms with Crippen LogP contribution in [0.1, 0.15) is 38.8 Å². The Morgan fingerprint density at radius 1 is 1.44 bits per heavy atom. The van der Waals surface area contributed by atoms with Crippen molar-refractivity contribution in [2.75, 3.05) is 13.2 Å². The second kappa shape index (κ2) is 7.88. The van der Waals surface area contributed by atoms with Crippen molar-refractivity contribution in [1.29, 1.82) is 0 Å². The van der Waals surface area contributed by atoms with Crippen molar-refractivity contribution in [2.24, 2.45) is 0 Å². The summed E-state index contributed by atoms with van der Waals surface area (Å²) in [5, 5.41) is 3.38. The van der Waals surface area contributed by atoms with E-state index < -0.39 is 0 Å². The first-order valence-electron chi connectivity index (χ1n) is 6.45. The van der Waals surface area contributed by atoms with Crippen LogP contribution in [0.2, 0.25) is 0 Å². The second-order valence-electron chi connectivity index (χ2n) is 4.24. The lowest BCUT2D eigenvalue weighted by Gasteiger charge is -2.17. The number of hydrogen-bond donors (Lipinski definition) is 1. The molecule has 100 valence electrons. The highest BCUT2D eigenvalue weighted by Crippen LogP contribution is 2.26. The summed E-state index contributed by atoms with van der Waals surface area (Å²) in [7, 11) is 0. The Kier molecular flexibility index (Phi) is 6.44. The predicted octanol–water partition coefficient (Wildman–Crippen LogP) is 3.84. The van der Waals surface area contributed by atoms with E-state index in [-0.39, 0.29) is 11.9 Å². The lowest BCUT2D eigenvalue weighted by Crippen LogP contribution is -2.20. The summed E-state index contributed by atoms with van der Waals surface area (Å²) in [6.45, 7) is 7.51. The molecule has 0 spiro atoms. The van der Waals surface area contributed by atoms with E-state index in [9.17, 15) is 4.39 Å². The van der Waals surface area contributed by atoms with E-state index in [4.69, 9.17) is 4.74 Å². The zero-order valence-corrected chi connectivity index (χ0v) is 11.4. The number of allylic oxidation sites excluding steroid dienone is 1. The molecule has 0 amide bonds. The fourth-order valence-corrected chi connectivity index (χ4v) is 1.70. The van der Waals surface area contributed by atoms with E-state index in [1.54, 1.807) is 6.07 Å². The van der Waals surface area contributed by atoms with Gasteiger partial charge < -0.3 is 10.1 Å². The van der Waals surface area contributed by atoms with Gasteiger partial charge in [-0.15, -0.1) is 0 Å². The molecule has 0 aromatic heterocycles. The molecule has 0 fully saturated rings. The van der Waals surface area contributed by atoms with Gasteiger partial charge in [-0.05, 0) is 32.9 Å². The average Bonchev–Trinajstić information content (AvgIpc) is 2.36. The van der Waals surface area contributed by atoms with E-state index in [0.717, 1.165) is 18.5 Å². The molecule has 1 N–H and O–H groups in total. The molecule has 1 rings (SSSR count). The van der Waals surface area contributed by atoms with E-state index >= 15 is 0 Å². The Morgan fingerprint density at radius 3 is 2.89 bits per heavy atom. The van der Waals surface area contributed by atoms with Crippen LogP contribution in [-0.2, 0) is 0 Å². The Bertz CT molecular complexity index is 390. The van der Waals surface area contributed by atoms with Crippen LogP contribution in [0.3, 0.4) is 0 Å². The van der Waals surface area contributed by atoms with Crippen LogP contribution in [0.4, 0.5) is 4.39 Å². The first-order chi connectivity index (χ1) is 8.69. The number of benzene rings is 1. The summed E-state index contributed by atoms with van der Waals surface area (Å²) in [5.41, 5.74) is 0.995. The molecule has 18 heavy (non-hydrogen) atoms. The molecule has 0 saturated carbocycles. The third-order valence-electron chi connectivity index (χ3n) is 2.71. The first kappa shape index (κ1) is 14.7. The van der Waals surface area contributed by atoms with Gasteiger partial charge in [0.05, 0.1) is 0 Å². The minimum Gasteiger partial charge on any atom is -0.489 e. The van der Waals surface area contributed by atoms with Crippen LogP contribution in [0.5, 0.6) is 5.75 Å². The third kappa shape index (κ3) is 4.49. The molecular weight excluding hydrogens is 229 g/mol. The van der Waals surface area contributed by atoms with Gasteiger partial charge in [-0.2, -0.15) is 0 Å². The van der Waals surface area contributed by atoms with Crippen molar-refractivity contribution in [3.05, 3.63) is 41.7 Å². The molecule has 1 unspecified atom stereocenters. The van der Waals surface area contributed by atoms with Crippen molar-refractivity contribution in [2.45, 2.75) is 33.2 Å². The smallest absolute Gasteiger partial charge is 0.127 e. The molecule has 0 bridgehead atoms. The maximum atomic E-state index is 13.3. The highest BCUT2D eigenvalue weighted by Gasteiger charge is 2.11. The van der Waals surface area contributed by atoms with Crippen LogP contribution in [0, 0.1) is 5.82 Å². The number of nitrogens with one attached hydrogen (secondary N) is 1. The fraction of sp³-hybridized carbons (Fsp3) is 0.467. The van der Waals surface area contributed by atoms with E-state index in [0.29, 0.717) is 12.4 Å². The van der Waals surface area contributed by atoms with Crippen molar-refractivity contribution in [3.63, 3.8) is 0 Å². The van der Waals surface area contributed by atoms with Gasteiger partial charge in [0.2, 0.25) is 0 Å². The largest absolute Gasteiger partial charge is 0.489 e. The zero-order chi connectivity index (χ0) is 13.4. The summed E-state index contributed by atoms with van der Waals surface area (Å²) in [4.78, 5) is 0. The average molecular weight is 251 g/mol. The molecule has 0 radical (unpaired) electrons. The summed E-state index contributed by atoms with van der Waals surface area (Å²) >= 11 is 0. The summed E-state index contributed by atoms with van der Waals surface area (Å²) in [5.74, 6) is 0.348. The van der Waals surface area contributed by atoms with Gasteiger partial charge >= 0.3 is 0 Å². The number of rotatable bonds is 7. The quantitative estimate of drug-likeness (QED) is 0.743. The molecule has 1 aromatic rings. The standard InChI is InChI=1S/C15H22FNO/c1-4-6-10-18-15-11-13(16)7-8-14(15)12(3)17-9-5-2/h4,6-8,11-12,17H,5,9-10H2,1-3H3. The highest BCUT2D eigenvalue weighted by molar-refractivity contribution is 5.36. The Balaban J connectivity index is 2.81. The van der Waals surface area contributed by atoms with E-state index in [2.05, 4.69) is 19.2 Å². The molecule has 1 aromatic carbocycles. The molecular formula is C15H22FNO. The summed E-state index contributed by atoms with van der Waals surface area (Å²) in [6, 6.07) is 4.87. The monoisotopic (exact) mass is 251 g/mol. The number of ether oxygens (including phenoxy) is 1. The molecule has 3 heteroatoms. The Labute approximate surface area is 109 Å². The van der Waals surface area contributed by atoms with Crippen LogP contribution >= 0.6 is 0 Å². The maximum absolute atomic E-state index is 13.3. The lowest BCUT2D eigenvalue weighted by atomic mass is 10.1. The van der Waals surface area contributed by atoms with Crippen LogP contribution in [-0.4, -0.2) is 13.2 Å². The summed E-state index contributed by atoms with van der Waals surface area (Å²) in [6.07, 6.45) is 4.89. The normalized spacial score (nSPS) is 12.9. The zero-order valence-electron chi connectivity index (χ0n) is 11.4. The lowest BCUT2D eigenvalue weighted by molar-refractivity contribution is 0.351. The molecule has 1 atom stereocenters. The van der Waals surface area contributed by atoms with Gasteiger partial charge in [0.25, 0.3) is 0 Å². The maximum Gasteiger partial charge on any atom is 0.127 e. The topological polar surface area (TPSA) is 21.3 Å². The van der Waals surface area contributed by atoms with E-state index in [1.807, 2.05) is 19.1 Å². The van der Waals surface area contributed by atoms with Gasteiger partial charge in [0.1, 0.15) is 18.2 Å². The second-order valence-corrected chi connectivity index (χ2v) is 4.24. The van der Waals surface area contributed by atoms with Gasteiger partial charge in [0, 0.05) is 17.7 Å². The van der Waals surface area contributed by atoms with E-state index in [1.165, 1.54) is 12.1 Å². The third-order valence-corrected chi connectivity index (χ3v) is 2.71. The van der Waals surface area contributed by atoms with Gasteiger partial charge in [-0.3, -0.25) is 0 Å². The molecule has 0 heterocycles. The molecule has 2 nitrogen and oxygen atoms in total. The SMILES string of the molecule is CC=CCOc1cc(F)ccc1C(C)NCCC. The van der Waals surface area contributed by atoms with Gasteiger partial charge in [-0.25, -0.2) is 4.39 Å². The van der Waals surface area contributed by atoms with Gasteiger partial charge in [0.15, 0.2) is 0 Å². The van der Waals surface area contributed by atoms with Crippen molar-refractivity contribution >= 4 is 0 Å². The molecule has 0 saturated heterocycles. The highest BCUT2D eigenvalue weighted by atomic mass is 19.1. The number of hydrogen-bond acceptors (Lipinski definition) is 2. The Hall–Kier alpha value is -1.35. The molecule has 0 aliphatic carbocycles. The first-order valence-corrected chi connectivity index (χ1v) is 6.45. The predicted molar refractivity (Wildman–Crippen MR) is 73.4 cm³/mol. The minimum absolute atomic E-state index is 0.158. The van der Waals surface area contributed by atoms with Gasteiger partial charge in [-0.1, -0.05) is 25.1 Å². The Morgan fingerprint density at radius 2 is 2.22 bits per heavy atom. The van der Waals surface area contributed by atoms with Crippen LogP contribution in [0.25, 0.3) is 0 Å². The number of halogens is 1.